The molecule has 4 aliphatic rings. The summed E-state index contributed by atoms with van der Waals surface area (Å²) in [7, 11) is 2.01. The fraction of sp³-hybridized carbons (Fsp3) is 0.600. The highest BCUT2D eigenvalue weighted by molar-refractivity contribution is 5.82. The van der Waals surface area contributed by atoms with Crippen molar-refractivity contribution in [3.8, 4) is 5.75 Å². The third-order valence-electron chi connectivity index (χ3n) is 7.84. The molecule has 1 spiro atoms. The lowest BCUT2D eigenvalue weighted by atomic mass is 9.50. The van der Waals surface area contributed by atoms with E-state index in [-0.39, 0.29) is 24.8 Å². The lowest BCUT2D eigenvalue weighted by Gasteiger charge is -2.61. The van der Waals surface area contributed by atoms with Crippen LogP contribution in [0.15, 0.2) is 24.0 Å². The number of nitrogens with zero attached hydrogens (tertiary/aromatic N) is 1. The van der Waals surface area contributed by atoms with Crippen molar-refractivity contribution < 1.29 is 39.1 Å². The highest BCUT2D eigenvalue weighted by Gasteiger charge is 2.71. The molecule has 184 valence electrons. The summed E-state index contributed by atoms with van der Waals surface area (Å²) in [6, 6.07) is 3.70. The van der Waals surface area contributed by atoms with Crippen LogP contribution in [0, 0.1) is 0 Å². The van der Waals surface area contributed by atoms with Crippen LogP contribution >= 0.6 is 0 Å². The lowest BCUT2D eigenvalue weighted by molar-refractivity contribution is -0.171. The second-order valence-electron chi connectivity index (χ2n) is 10.1. The molecule has 0 amide bonds. The summed E-state index contributed by atoms with van der Waals surface area (Å²) in [5, 5.41) is 32.1. The SMILES string of the molecule is CC(C)OC(=O)[C@@H](O)CC(=O)OC1=CC[C@@]2(O)[C@H]3Cc4ccc(CO)c5c4C2(CCN3C)C1O5. The zero-order valence-corrected chi connectivity index (χ0v) is 19.6. The fourth-order valence-corrected chi connectivity index (χ4v) is 6.36. The molecule has 2 unspecified atom stereocenters. The average molecular weight is 474 g/mol. The molecule has 9 heteroatoms. The quantitative estimate of drug-likeness (QED) is 0.512. The van der Waals surface area contributed by atoms with Crippen molar-refractivity contribution in [1.29, 1.82) is 0 Å². The molecule has 5 rings (SSSR count). The minimum Gasteiger partial charge on any atom is -0.481 e. The van der Waals surface area contributed by atoms with E-state index in [9.17, 15) is 24.9 Å². The zero-order valence-electron chi connectivity index (χ0n) is 19.6. The van der Waals surface area contributed by atoms with E-state index in [1.165, 1.54) is 0 Å². The molecule has 2 aliphatic carbocycles. The number of hydrogen-bond donors (Lipinski definition) is 3. The van der Waals surface area contributed by atoms with Gasteiger partial charge < -0.3 is 34.4 Å². The first kappa shape index (κ1) is 23.3. The maximum Gasteiger partial charge on any atom is 0.335 e. The molecule has 5 atom stereocenters. The Balaban J connectivity index is 1.48. The van der Waals surface area contributed by atoms with Gasteiger partial charge in [0.1, 0.15) is 11.5 Å². The fourth-order valence-electron chi connectivity index (χ4n) is 6.36. The molecule has 2 heterocycles. The number of piperidine rings is 1. The van der Waals surface area contributed by atoms with Crippen molar-refractivity contribution in [3.05, 3.63) is 40.7 Å². The van der Waals surface area contributed by atoms with Crippen LogP contribution in [0.25, 0.3) is 0 Å². The van der Waals surface area contributed by atoms with Crippen molar-refractivity contribution in [3.63, 3.8) is 0 Å². The average Bonchev–Trinajstić information content (AvgIpc) is 3.13. The largest absolute Gasteiger partial charge is 0.481 e. The number of likely N-dealkylation sites (tertiary alicyclic amines) is 1. The van der Waals surface area contributed by atoms with Gasteiger partial charge in [-0.15, -0.1) is 0 Å². The molecule has 1 aromatic carbocycles. The van der Waals surface area contributed by atoms with E-state index in [1.54, 1.807) is 19.9 Å². The molecule has 0 saturated carbocycles. The Morgan fingerprint density at radius 3 is 2.79 bits per heavy atom. The van der Waals surface area contributed by atoms with Crippen LogP contribution in [0.5, 0.6) is 5.75 Å². The van der Waals surface area contributed by atoms with E-state index in [0.717, 1.165) is 17.7 Å². The van der Waals surface area contributed by atoms with Gasteiger partial charge >= 0.3 is 11.9 Å². The first-order valence-electron chi connectivity index (χ1n) is 11.8. The minimum atomic E-state index is -1.63. The number of aliphatic hydroxyl groups is 3. The molecular weight excluding hydrogens is 442 g/mol. The Morgan fingerprint density at radius 2 is 2.09 bits per heavy atom. The standard InChI is InChI=1S/C25H31NO8/c1-13(2)32-23(30)16(28)11-19(29)33-17-6-7-25(31)18-10-14-4-5-15(12-27)21-20(14)24(25,22(17)34-21)8-9-26(18)3/h4-6,13,16,18,22,27-28,31H,7-12H2,1-3H3/t16-,18+,22?,24?,25+/m0/s1. The predicted molar refractivity (Wildman–Crippen MR) is 119 cm³/mol. The van der Waals surface area contributed by atoms with Crippen LogP contribution in [0.3, 0.4) is 0 Å². The van der Waals surface area contributed by atoms with Gasteiger partial charge in [0, 0.05) is 23.6 Å². The first-order chi connectivity index (χ1) is 16.1. The second-order valence-corrected chi connectivity index (χ2v) is 10.1. The summed E-state index contributed by atoms with van der Waals surface area (Å²) in [4.78, 5) is 26.7. The van der Waals surface area contributed by atoms with E-state index in [1.807, 2.05) is 19.2 Å². The Morgan fingerprint density at radius 1 is 1.32 bits per heavy atom. The molecule has 2 bridgehead atoms. The molecule has 1 saturated heterocycles. The van der Waals surface area contributed by atoms with Gasteiger partial charge in [0.15, 0.2) is 12.2 Å². The topological polar surface area (TPSA) is 126 Å². The van der Waals surface area contributed by atoms with Crippen molar-refractivity contribution in [2.45, 2.75) is 81.5 Å². The number of aliphatic hydroxyl groups excluding tert-OH is 2. The molecule has 0 radical (unpaired) electrons. The molecule has 3 N–H and O–H groups in total. The first-order valence-corrected chi connectivity index (χ1v) is 11.8. The smallest absolute Gasteiger partial charge is 0.335 e. The highest BCUT2D eigenvalue weighted by atomic mass is 16.6. The maximum atomic E-state index is 12.7. The molecule has 9 nitrogen and oxygen atoms in total. The van der Waals surface area contributed by atoms with Crippen molar-refractivity contribution in [2.75, 3.05) is 13.6 Å². The number of carbonyl (C=O) groups is 2. The molecule has 1 fully saturated rings. The van der Waals surface area contributed by atoms with Crippen LogP contribution in [-0.2, 0) is 37.5 Å². The van der Waals surface area contributed by atoms with E-state index in [2.05, 4.69) is 4.90 Å². The number of likely N-dealkylation sites (N-methyl/N-ethyl adjacent to an activating group) is 1. The maximum absolute atomic E-state index is 12.7. The summed E-state index contributed by atoms with van der Waals surface area (Å²) >= 11 is 0. The minimum absolute atomic E-state index is 0.132. The van der Waals surface area contributed by atoms with Gasteiger partial charge in [0.05, 0.1) is 30.1 Å². The van der Waals surface area contributed by atoms with E-state index in [0.29, 0.717) is 24.2 Å². The van der Waals surface area contributed by atoms with Gasteiger partial charge in [-0.3, -0.25) is 4.79 Å². The predicted octanol–water partition coefficient (Wildman–Crippen LogP) is 0.702. The van der Waals surface area contributed by atoms with Crippen LogP contribution < -0.4 is 4.74 Å². The molecular formula is C25H31NO8. The number of rotatable bonds is 6. The van der Waals surface area contributed by atoms with Crippen LogP contribution in [0.2, 0.25) is 0 Å². The third kappa shape index (κ3) is 3.14. The molecule has 2 aliphatic heterocycles. The summed E-state index contributed by atoms with van der Waals surface area (Å²) in [5.74, 6) is -0.861. The van der Waals surface area contributed by atoms with E-state index in [4.69, 9.17) is 14.2 Å². The van der Waals surface area contributed by atoms with E-state index < -0.39 is 47.7 Å². The van der Waals surface area contributed by atoms with Crippen LogP contribution in [0.1, 0.15) is 49.8 Å². The van der Waals surface area contributed by atoms with Crippen molar-refractivity contribution in [1.82, 2.24) is 4.90 Å². The van der Waals surface area contributed by atoms with Crippen LogP contribution in [-0.4, -0.2) is 75.7 Å². The monoisotopic (exact) mass is 473 g/mol. The lowest BCUT2D eigenvalue weighted by Crippen LogP contribution is -2.74. The van der Waals surface area contributed by atoms with Gasteiger partial charge in [0.25, 0.3) is 0 Å². The van der Waals surface area contributed by atoms with Gasteiger partial charge in [0.2, 0.25) is 0 Å². The highest BCUT2D eigenvalue weighted by Crippen LogP contribution is 2.64. The Bertz CT molecular complexity index is 1070. The summed E-state index contributed by atoms with van der Waals surface area (Å²) < 4.78 is 17.0. The van der Waals surface area contributed by atoms with Crippen molar-refractivity contribution >= 4 is 11.9 Å². The third-order valence-corrected chi connectivity index (χ3v) is 7.84. The Kier molecular flexibility index (Phi) is 5.51. The Labute approximate surface area is 197 Å². The van der Waals surface area contributed by atoms with Gasteiger partial charge in [-0.25, -0.2) is 4.79 Å². The van der Waals surface area contributed by atoms with Crippen molar-refractivity contribution in [2.24, 2.45) is 0 Å². The van der Waals surface area contributed by atoms with Gasteiger partial charge in [-0.2, -0.15) is 0 Å². The normalized spacial score (nSPS) is 31.9. The summed E-state index contributed by atoms with van der Waals surface area (Å²) in [5.41, 5.74) is 0.638. The second kappa shape index (κ2) is 8.05. The number of esters is 2. The number of carbonyl (C=O) groups excluding carboxylic acids is 2. The van der Waals surface area contributed by atoms with Crippen LogP contribution in [0.4, 0.5) is 0 Å². The molecule has 0 aromatic heterocycles. The van der Waals surface area contributed by atoms with E-state index >= 15 is 0 Å². The molecule has 34 heavy (non-hydrogen) atoms. The zero-order chi connectivity index (χ0) is 24.4. The number of benzene rings is 1. The molecule has 1 aromatic rings. The Hall–Kier alpha value is -2.46. The summed E-state index contributed by atoms with van der Waals surface area (Å²) in [6.07, 6.45) is -0.163. The van der Waals surface area contributed by atoms with Gasteiger partial charge in [-0.1, -0.05) is 12.1 Å². The van der Waals surface area contributed by atoms with Gasteiger partial charge in [-0.05, 0) is 51.9 Å². The number of ether oxygens (including phenoxy) is 3. The summed E-state index contributed by atoms with van der Waals surface area (Å²) in [6.45, 7) is 3.82. The number of hydrogen-bond acceptors (Lipinski definition) is 9.